The second kappa shape index (κ2) is 6.10. The highest BCUT2D eigenvalue weighted by Crippen LogP contribution is 2.52. The van der Waals surface area contributed by atoms with Crippen molar-refractivity contribution < 1.29 is 0 Å². The maximum atomic E-state index is 2.73. The van der Waals surface area contributed by atoms with Crippen LogP contribution in [-0.2, 0) is 12.8 Å². The fourth-order valence-electron chi connectivity index (χ4n) is 5.75. The molecule has 0 saturated carbocycles. The molecule has 1 aliphatic carbocycles. The molecule has 136 valence electrons. The first-order chi connectivity index (χ1) is 13.4. The summed E-state index contributed by atoms with van der Waals surface area (Å²) in [6.45, 7) is 3.50. The van der Waals surface area contributed by atoms with Crippen molar-refractivity contribution in [3.8, 4) is 0 Å². The Labute approximate surface area is 161 Å². The minimum absolute atomic E-state index is 0.616. The minimum atomic E-state index is 0.616. The molecule has 2 nitrogen and oxygen atoms in total. The molecule has 2 aromatic carbocycles. The topological polar surface area (TPSA) is 6.48 Å². The highest BCUT2D eigenvalue weighted by Gasteiger charge is 2.44. The molecular weight excluding hydrogens is 328 g/mol. The average Bonchev–Trinajstić information content (AvgIpc) is 3.28. The zero-order valence-corrected chi connectivity index (χ0v) is 15.8. The van der Waals surface area contributed by atoms with Crippen molar-refractivity contribution >= 4 is 11.4 Å². The van der Waals surface area contributed by atoms with Crippen LogP contribution in [0.25, 0.3) is 0 Å². The van der Waals surface area contributed by atoms with E-state index in [-0.39, 0.29) is 0 Å². The Bertz CT molecular complexity index is 955. The molecule has 0 bridgehead atoms. The first-order valence-corrected chi connectivity index (χ1v) is 10.5. The molecule has 0 radical (unpaired) electrons. The molecule has 0 amide bonds. The minimum Gasteiger partial charge on any atom is -0.337 e. The van der Waals surface area contributed by atoms with Crippen LogP contribution in [0.4, 0.5) is 11.4 Å². The van der Waals surface area contributed by atoms with Gasteiger partial charge in [0.05, 0.1) is 0 Å². The normalized spacial score (nSPS) is 25.6. The van der Waals surface area contributed by atoms with E-state index in [0.717, 1.165) is 25.8 Å². The highest BCUT2D eigenvalue weighted by molar-refractivity contribution is 5.79. The van der Waals surface area contributed by atoms with E-state index in [1.54, 1.807) is 16.8 Å². The molecule has 0 unspecified atom stereocenters. The van der Waals surface area contributed by atoms with Gasteiger partial charge in [0.1, 0.15) is 0 Å². The lowest BCUT2D eigenvalue weighted by Gasteiger charge is -2.39. The summed E-state index contributed by atoms with van der Waals surface area (Å²) >= 11 is 0. The molecule has 2 aromatic rings. The molecule has 1 fully saturated rings. The number of hydrogen-bond acceptors (Lipinski definition) is 2. The summed E-state index contributed by atoms with van der Waals surface area (Å²) in [7, 11) is 0. The van der Waals surface area contributed by atoms with E-state index in [2.05, 4.69) is 70.5 Å². The molecule has 3 aliphatic heterocycles. The number of hydrogen-bond donors (Lipinski definition) is 0. The molecule has 6 rings (SSSR count). The zero-order valence-electron chi connectivity index (χ0n) is 15.8. The molecule has 0 N–H and O–H groups in total. The summed E-state index contributed by atoms with van der Waals surface area (Å²) in [6, 6.07) is 16.8. The van der Waals surface area contributed by atoms with Crippen molar-refractivity contribution in [2.75, 3.05) is 24.5 Å². The number of piperidine rings is 1. The van der Waals surface area contributed by atoms with Crippen LogP contribution < -0.4 is 4.90 Å². The number of rotatable bonds is 2. The third-order valence-electron chi connectivity index (χ3n) is 6.95. The summed E-state index contributed by atoms with van der Waals surface area (Å²) in [5.74, 6) is 0.630. The van der Waals surface area contributed by atoms with E-state index in [1.165, 1.54) is 36.3 Å². The van der Waals surface area contributed by atoms with Crippen LogP contribution in [0.2, 0.25) is 0 Å². The Morgan fingerprint density at radius 2 is 1.85 bits per heavy atom. The summed E-state index contributed by atoms with van der Waals surface area (Å²) in [4.78, 5) is 5.41. The van der Waals surface area contributed by atoms with Crippen LogP contribution in [-0.4, -0.2) is 30.6 Å². The van der Waals surface area contributed by atoms with Gasteiger partial charge in [0, 0.05) is 43.0 Å². The van der Waals surface area contributed by atoms with E-state index >= 15 is 0 Å². The van der Waals surface area contributed by atoms with Crippen LogP contribution in [0.15, 0.2) is 66.3 Å². The summed E-state index contributed by atoms with van der Waals surface area (Å²) < 4.78 is 0. The van der Waals surface area contributed by atoms with Gasteiger partial charge in [-0.25, -0.2) is 0 Å². The quantitative estimate of drug-likeness (QED) is 0.750. The van der Waals surface area contributed by atoms with Gasteiger partial charge in [-0.05, 0) is 54.0 Å². The number of para-hydroxylation sites is 2. The van der Waals surface area contributed by atoms with E-state index < -0.39 is 0 Å². The fraction of sp³-hybridized carbons (Fsp3) is 0.360. The molecule has 0 aromatic heterocycles. The van der Waals surface area contributed by atoms with Crippen molar-refractivity contribution in [1.82, 2.24) is 4.90 Å². The molecule has 2 heteroatoms. The summed E-state index contributed by atoms with van der Waals surface area (Å²) in [5.41, 5.74) is 9.17. The molecular formula is C25H26N2. The Morgan fingerprint density at radius 1 is 0.963 bits per heavy atom. The van der Waals surface area contributed by atoms with Crippen LogP contribution in [0.1, 0.15) is 35.4 Å². The summed E-state index contributed by atoms with van der Waals surface area (Å²) in [6.07, 6.45) is 11.7. The lowest BCUT2D eigenvalue weighted by Crippen LogP contribution is -2.45. The van der Waals surface area contributed by atoms with E-state index in [1.807, 2.05) is 0 Å². The molecule has 1 saturated heterocycles. The Hall–Kier alpha value is -2.32. The van der Waals surface area contributed by atoms with Gasteiger partial charge in [-0.3, -0.25) is 4.90 Å². The van der Waals surface area contributed by atoms with Crippen LogP contribution >= 0.6 is 0 Å². The monoisotopic (exact) mass is 354 g/mol. The van der Waals surface area contributed by atoms with Crippen molar-refractivity contribution in [2.45, 2.75) is 37.6 Å². The van der Waals surface area contributed by atoms with E-state index in [9.17, 15) is 0 Å². The lowest BCUT2D eigenvalue weighted by molar-refractivity contribution is 0.212. The van der Waals surface area contributed by atoms with Crippen molar-refractivity contribution in [3.05, 3.63) is 83.0 Å². The lowest BCUT2D eigenvalue weighted by atomic mass is 9.87. The van der Waals surface area contributed by atoms with Gasteiger partial charge in [0.2, 0.25) is 0 Å². The smallest absolute Gasteiger partial charge is 0.0483 e. The van der Waals surface area contributed by atoms with Gasteiger partial charge in [-0.15, -0.1) is 0 Å². The van der Waals surface area contributed by atoms with Crippen LogP contribution in [0.5, 0.6) is 0 Å². The third-order valence-corrected chi connectivity index (χ3v) is 6.95. The number of likely N-dealkylation sites (tertiary alicyclic amines) is 1. The van der Waals surface area contributed by atoms with Gasteiger partial charge in [0.25, 0.3) is 0 Å². The second-order valence-corrected chi connectivity index (χ2v) is 8.47. The standard InChI is InChI=1S/C25H26N2/c1-2-7-18(6-1)16-26-15-14-24-22(17-26)21-10-5-9-20-13-12-19-8-3-4-11-23(19)27(24)25(20)21/h1,3-11,22,24H,2,12-17H2/t22-,24+/m0/s1. The van der Waals surface area contributed by atoms with Gasteiger partial charge >= 0.3 is 0 Å². The van der Waals surface area contributed by atoms with Crippen molar-refractivity contribution in [2.24, 2.45) is 0 Å². The predicted octanol–water partition coefficient (Wildman–Crippen LogP) is 4.98. The average molecular weight is 354 g/mol. The summed E-state index contributed by atoms with van der Waals surface area (Å²) in [5, 5.41) is 0. The van der Waals surface area contributed by atoms with Crippen LogP contribution in [0.3, 0.4) is 0 Å². The second-order valence-electron chi connectivity index (χ2n) is 8.47. The highest BCUT2D eigenvalue weighted by atomic mass is 15.2. The van der Waals surface area contributed by atoms with Gasteiger partial charge in [-0.1, -0.05) is 54.6 Å². The molecule has 27 heavy (non-hydrogen) atoms. The van der Waals surface area contributed by atoms with E-state index in [0.29, 0.717) is 12.0 Å². The van der Waals surface area contributed by atoms with Crippen molar-refractivity contribution in [1.29, 1.82) is 0 Å². The van der Waals surface area contributed by atoms with Crippen LogP contribution in [0, 0.1) is 0 Å². The number of nitrogens with zero attached hydrogens (tertiary/aromatic N) is 2. The SMILES string of the molecule is C1=CC(CN2CC[C@@H]3[C@@H](C2)c2cccc4c2N3c2ccccc2CC4)=CC1. The van der Waals surface area contributed by atoms with Gasteiger partial charge in [0.15, 0.2) is 0 Å². The molecule has 4 aliphatic rings. The maximum absolute atomic E-state index is 2.73. The fourth-order valence-corrected chi connectivity index (χ4v) is 5.75. The maximum Gasteiger partial charge on any atom is 0.0483 e. The number of anilines is 2. The number of benzene rings is 2. The number of fused-ring (bicyclic) bond motifs is 5. The van der Waals surface area contributed by atoms with Gasteiger partial charge in [-0.2, -0.15) is 0 Å². The Kier molecular flexibility index (Phi) is 3.55. The number of aryl methyl sites for hydroxylation is 2. The Balaban J connectivity index is 1.40. The Morgan fingerprint density at radius 3 is 2.78 bits per heavy atom. The van der Waals surface area contributed by atoms with Gasteiger partial charge < -0.3 is 4.90 Å². The largest absolute Gasteiger partial charge is 0.337 e. The van der Waals surface area contributed by atoms with Crippen molar-refractivity contribution in [3.63, 3.8) is 0 Å². The molecule has 3 heterocycles. The zero-order chi connectivity index (χ0) is 17.8. The number of allylic oxidation sites excluding steroid dienone is 2. The molecule has 0 spiro atoms. The third kappa shape index (κ3) is 2.43. The van der Waals surface area contributed by atoms with E-state index in [4.69, 9.17) is 0 Å². The molecule has 2 atom stereocenters. The first kappa shape index (κ1) is 15.7. The first-order valence-electron chi connectivity index (χ1n) is 10.5. The predicted molar refractivity (Wildman–Crippen MR) is 112 cm³/mol.